The summed E-state index contributed by atoms with van der Waals surface area (Å²) in [5, 5.41) is 2.85. The maximum absolute atomic E-state index is 11.3. The lowest BCUT2D eigenvalue weighted by atomic mass is 9.67. The fourth-order valence-corrected chi connectivity index (χ4v) is 2.37. The van der Waals surface area contributed by atoms with Crippen LogP contribution in [0.1, 0.15) is 32.6 Å². The summed E-state index contributed by atoms with van der Waals surface area (Å²) < 4.78 is 0. The molecule has 2 rings (SSSR count). The molecule has 74 valence electrons. The Morgan fingerprint density at radius 1 is 1.54 bits per heavy atom. The largest absolute Gasteiger partial charge is 0.336 e. The summed E-state index contributed by atoms with van der Waals surface area (Å²) in [6, 6.07) is 0.139. The third kappa shape index (κ3) is 1.52. The number of hydrogen-bond donors (Lipinski definition) is 1. The molecule has 1 saturated carbocycles. The molecule has 2 aliphatic rings. The van der Waals surface area contributed by atoms with E-state index in [0.29, 0.717) is 5.41 Å². The second-order valence-corrected chi connectivity index (χ2v) is 4.36. The van der Waals surface area contributed by atoms with Gasteiger partial charge in [0.1, 0.15) is 0 Å². The lowest BCUT2D eigenvalue weighted by Gasteiger charge is -2.43. The van der Waals surface area contributed by atoms with Gasteiger partial charge in [-0.1, -0.05) is 13.3 Å². The monoisotopic (exact) mass is 182 g/mol. The predicted molar refractivity (Wildman–Crippen MR) is 51.5 cm³/mol. The molecular formula is C10H18N2O. The zero-order chi connectivity index (χ0) is 9.31. The fraction of sp³-hybridized carbons (Fsp3) is 0.900. The van der Waals surface area contributed by atoms with Crippen LogP contribution in [-0.2, 0) is 0 Å². The van der Waals surface area contributed by atoms with E-state index in [4.69, 9.17) is 0 Å². The zero-order valence-electron chi connectivity index (χ0n) is 8.31. The number of nitrogens with zero attached hydrogens (tertiary/aromatic N) is 1. The molecule has 0 bridgehead atoms. The molecule has 0 radical (unpaired) electrons. The Hall–Kier alpha value is -0.730. The molecule has 0 unspecified atom stereocenters. The molecule has 1 N–H and O–H groups in total. The van der Waals surface area contributed by atoms with Gasteiger partial charge in [0.2, 0.25) is 0 Å². The van der Waals surface area contributed by atoms with Crippen LogP contribution in [0.5, 0.6) is 0 Å². The van der Waals surface area contributed by atoms with E-state index < -0.39 is 0 Å². The molecule has 0 aromatic rings. The minimum absolute atomic E-state index is 0.139. The Morgan fingerprint density at radius 2 is 2.31 bits per heavy atom. The topological polar surface area (TPSA) is 32.3 Å². The van der Waals surface area contributed by atoms with E-state index in [1.807, 2.05) is 4.90 Å². The highest BCUT2D eigenvalue weighted by Gasteiger charge is 2.38. The quantitative estimate of drug-likeness (QED) is 0.706. The van der Waals surface area contributed by atoms with E-state index in [9.17, 15) is 4.79 Å². The second-order valence-electron chi connectivity index (χ2n) is 4.36. The first-order valence-electron chi connectivity index (χ1n) is 5.29. The highest BCUT2D eigenvalue weighted by Crippen LogP contribution is 2.44. The third-order valence-corrected chi connectivity index (χ3v) is 3.64. The Morgan fingerprint density at radius 3 is 2.69 bits per heavy atom. The van der Waals surface area contributed by atoms with Crippen LogP contribution in [-0.4, -0.2) is 30.6 Å². The van der Waals surface area contributed by atoms with Crippen LogP contribution in [0.2, 0.25) is 0 Å². The van der Waals surface area contributed by atoms with E-state index in [1.54, 1.807) is 0 Å². The maximum Gasteiger partial charge on any atom is 0.317 e. The van der Waals surface area contributed by atoms with Gasteiger partial charge in [0, 0.05) is 19.6 Å². The van der Waals surface area contributed by atoms with Crippen LogP contribution in [0, 0.1) is 5.41 Å². The van der Waals surface area contributed by atoms with Crippen molar-refractivity contribution in [2.75, 3.05) is 19.6 Å². The number of nitrogens with one attached hydrogen (secondary N) is 1. The number of carbonyl (C=O) groups excluding carboxylic acids is 1. The van der Waals surface area contributed by atoms with Crippen LogP contribution in [0.25, 0.3) is 0 Å². The Balaban J connectivity index is 1.92. The average Bonchev–Trinajstić information content (AvgIpc) is 2.44. The van der Waals surface area contributed by atoms with Crippen molar-refractivity contribution in [3.05, 3.63) is 0 Å². The van der Waals surface area contributed by atoms with E-state index in [1.165, 1.54) is 25.7 Å². The van der Waals surface area contributed by atoms with Crippen molar-refractivity contribution in [3.8, 4) is 0 Å². The number of carbonyl (C=O) groups is 1. The van der Waals surface area contributed by atoms with E-state index in [-0.39, 0.29) is 6.03 Å². The molecule has 0 aromatic carbocycles. The van der Waals surface area contributed by atoms with Gasteiger partial charge in [-0.25, -0.2) is 4.79 Å². The van der Waals surface area contributed by atoms with Gasteiger partial charge in [0.15, 0.2) is 0 Å². The van der Waals surface area contributed by atoms with Gasteiger partial charge in [0.05, 0.1) is 0 Å². The second kappa shape index (κ2) is 3.20. The molecule has 1 saturated heterocycles. The van der Waals surface area contributed by atoms with Crippen molar-refractivity contribution < 1.29 is 4.79 Å². The minimum atomic E-state index is 0.139. The Labute approximate surface area is 79.5 Å². The zero-order valence-corrected chi connectivity index (χ0v) is 8.31. The van der Waals surface area contributed by atoms with Gasteiger partial charge in [-0.05, 0) is 24.7 Å². The molecule has 0 spiro atoms. The minimum Gasteiger partial charge on any atom is -0.336 e. The van der Waals surface area contributed by atoms with Crippen molar-refractivity contribution in [1.29, 1.82) is 0 Å². The molecule has 1 aliphatic heterocycles. The molecule has 0 aromatic heterocycles. The Kier molecular flexibility index (Phi) is 2.18. The maximum atomic E-state index is 11.3. The van der Waals surface area contributed by atoms with Crippen molar-refractivity contribution in [2.24, 2.45) is 5.41 Å². The predicted octanol–water partition coefficient (Wildman–Crippen LogP) is 1.59. The lowest BCUT2D eigenvalue weighted by Crippen LogP contribution is -2.43. The van der Waals surface area contributed by atoms with Crippen LogP contribution in [0.15, 0.2) is 0 Å². The van der Waals surface area contributed by atoms with Gasteiger partial charge in [-0.3, -0.25) is 0 Å². The molecule has 1 heterocycles. The average molecular weight is 182 g/mol. The number of hydrogen-bond acceptors (Lipinski definition) is 1. The summed E-state index contributed by atoms with van der Waals surface area (Å²) in [5.74, 6) is 0. The van der Waals surface area contributed by atoms with E-state index in [2.05, 4.69) is 12.2 Å². The van der Waals surface area contributed by atoms with E-state index >= 15 is 0 Å². The van der Waals surface area contributed by atoms with Gasteiger partial charge >= 0.3 is 6.03 Å². The Bertz CT molecular complexity index is 205. The van der Waals surface area contributed by atoms with Crippen LogP contribution >= 0.6 is 0 Å². The molecule has 13 heavy (non-hydrogen) atoms. The van der Waals surface area contributed by atoms with Gasteiger partial charge in [0.25, 0.3) is 0 Å². The SMILES string of the molecule is CCC1(CN2CCNC2=O)CCC1. The fourth-order valence-electron chi connectivity index (χ4n) is 2.37. The first-order chi connectivity index (χ1) is 6.26. The molecule has 2 amide bonds. The van der Waals surface area contributed by atoms with Gasteiger partial charge in [-0.15, -0.1) is 0 Å². The number of rotatable bonds is 3. The highest BCUT2D eigenvalue weighted by molar-refractivity contribution is 5.76. The smallest absolute Gasteiger partial charge is 0.317 e. The van der Waals surface area contributed by atoms with Crippen LogP contribution in [0.3, 0.4) is 0 Å². The van der Waals surface area contributed by atoms with Crippen LogP contribution < -0.4 is 5.32 Å². The third-order valence-electron chi connectivity index (χ3n) is 3.64. The van der Waals surface area contributed by atoms with E-state index in [0.717, 1.165) is 19.6 Å². The summed E-state index contributed by atoms with van der Waals surface area (Å²) >= 11 is 0. The first kappa shape index (κ1) is 8.85. The summed E-state index contributed by atoms with van der Waals surface area (Å²) in [6.07, 6.45) is 5.20. The van der Waals surface area contributed by atoms with Crippen molar-refractivity contribution in [3.63, 3.8) is 0 Å². The molecule has 2 fully saturated rings. The summed E-state index contributed by atoms with van der Waals surface area (Å²) in [4.78, 5) is 13.3. The first-order valence-corrected chi connectivity index (χ1v) is 5.29. The highest BCUT2D eigenvalue weighted by atomic mass is 16.2. The van der Waals surface area contributed by atoms with Crippen molar-refractivity contribution in [1.82, 2.24) is 10.2 Å². The summed E-state index contributed by atoms with van der Waals surface area (Å²) in [7, 11) is 0. The molecule has 3 heteroatoms. The number of amides is 2. The van der Waals surface area contributed by atoms with Crippen molar-refractivity contribution >= 4 is 6.03 Å². The summed E-state index contributed by atoms with van der Waals surface area (Å²) in [5.41, 5.74) is 0.474. The normalized spacial score (nSPS) is 25.6. The lowest BCUT2D eigenvalue weighted by molar-refractivity contribution is 0.0838. The van der Waals surface area contributed by atoms with Gasteiger partial charge < -0.3 is 10.2 Å². The number of urea groups is 1. The molecule has 1 aliphatic carbocycles. The van der Waals surface area contributed by atoms with Gasteiger partial charge in [-0.2, -0.15) is 0 Å². The van der Waals surface area contributed by atoms with Crippen LogP contribution in [0.4, 0.5) is 4.79 Å². The molecule has 0 atom stereocenters. The standard InChI is InChI=1S/C10H18N2O/c1-2-10(4-3-5-10)8-12-7-6-11-9(12)13/h2-8H2,1H3,(H,11,13). The molecule has 3 nitrogen and oxygen atoms in total. The summed E-state index contributed by atoms with van der Waals surface area (Å²) in [6.45, 7) is 4.96. The van der Waals surface area contributed by atoms with Crippen molar-refractivity contribution in [2.45, 2.75) is 32.6 Å². The molecular weight excluding hydrogens is 164 g/mol.